The van der Waals surface area contributed by atoms with Gasteiger partial charge in [-0.1, -0.05) is 37.3 Å². The fourth-order valence-electron chi connectivity index (χ4n) is 5.41. The third-order valence-electron chi connectivity index (χ3n) is 6.84. The van der Waals surface area contributed by atoms with Crippen molar-refractivity contribution in [1.29, 1.82) is 0 Å². The fourth-order valence-corrected chi connectivity index (χ4v) is 5.41. The van der Waals surface area contributed by atoms with Crippen LogP contribution in [0.2, 0.25) is 0 Å². The van der Waals surface area contributed by atoms with E-state index in [0.717, 1.165) is 25.9 Å². The van der Waals surface area contributed by atoms with Crippen molar-refractivity contribution in [3.05, 3.63) is 35.9 Å². The number of likely N-dealkylation sites (tertiary alicyclic amines) is 1. The Kier molecular flexibility index (Phi) is 4.32. The van der Waals surface area contributed by atoms with Crippen molar-refractivity contribution in [3.63, 3.8) is 0 Å². The number of hydrogen-bond donors (Lipinski definition) is 1. The first-order valence-corrected chi connectivity index (χ1v) is 10.1. The average molecular weight is 354 g/mol. The third kappa shape index (κ3) is 3.15. The molecule has 4 rings (SSSR count). The Hall–Kier alpha value is -1.84. The molecule has 2 amide bonds. The number of nitrogens with one attached hydrogen (secondary N) is 1. The molecule has 3 fully saturated rings. The van der Waals surface area contributed by atoms with Gasteiger partial charge in [-0.05, 0) is 50.5 Å². The Balaban J connectivity index is 1.27. The summed E-state index contributed by atoms with van der Waals surface area (Å²) in [5.74, 6) is 1.15. The summed E-state index contributed by atoms with van der Waals surface area (Å²) >= 11 is 0. The van der Waals surface area contributed by atoms with Gasteiger partial charge < -0.3 is 10.2 Å². The highest BCUT2D eigenvalue weighted by molar-refractivity contribution is 5.82. The van der Waals surface area contributed by atoms with E-state index in [1.54, 1.807) is 0 Å². The van der Waals surface area contributed by atoms with Crippen molar-refractivity contribution in [2.45, 2.75) is 63.8 Å². The molecule has 0 aromatic heterocycles. The topological polar surface area (TPSA) is 49.4 Å². The van der Waals surface area contributed by atoms with Crippen LogP contribution in [0.4, 0.5) is 0 Å². The maximum Gasteiger partial charge on any atom is 0.225 e. The van der Waals surface area contributed by atoms with E-state index in [0.29, 0.717) is 23.7 Å². The van der Waals surface area contributed by atoms with Crippen LogP contribution in [0.3, 0.4) is 0 Å². The molecule has 1 aliphatic heterocycles. The quantitative estimate of drug-likeness (QED) is 0.900. The summed E-state index contributed by atoms with van der Waals surface area (Å²) in [4.78, 5) is 26.4. The minimum Gasteiger partial charge on any atom is -0.351 e. The van der Waals surface area contributed by atoms with Gasteiger partial charge in [0.15, 0.2) is 0 Å². The molecular formula is C22H30N2O2. The second kappa shape index (κ2) is 6.40. The molecular weight excluding hydrogens is 324 g/mol. The summed E-state index contributed by atoms with van der Waals surface area (Å²) in [6.07, 6.45) is 5.78. The van der Waals surface area contributed by atoms with Crippen LogP contribution in [0.5, 0.6) is 0 Å². The van der Waals surface area contributed by atoms with Gasteiger partial charge in [0.2, 0.25) is 11.8 Å². The molecule has 3 aliphatic rings. The van der Waals surface area contributed by atoms with Crippen LogP contribution >= 0.6 is 0 Å². The van der Waals surface area contributed by atoms with Crippen LogP contribution in [-0.2, 0) is 9.59 Å². The second-order valence-corrected chi connectivity index (χ2v) is 9.11. The van der Waals surface area contributed by atoms with Crippen LogP contribution in [0.15, 0.2) is 30.3 Å². The largest absolute Gasteiger partial charge is 0.351 e. The first-order valence-electron chi connectivity index (χ1n) is 10.1. The zero-order valence-corrected chi connectivity index (χ0v) is 16.0. The van der Waals surface area contributed by atoms with Crippen molar-refractivity contribution in [2.24, 2.45) is 11.3 Å². The van der Waals surface area contributed by atoms with E-state index in [1.165, 1.54) is 24.8 Å². The predicted molar refractivity (Wildman–Crippen MR) is 102 cm³/mol. The van der Waals surface area contributed by atoms with Gasteiger partial charge in [0, 0.05) is 36.4 Å². The lowest BCUT2D eigenvalue weighted by atomic mass is 9.67. The molecule has 140 valence electrons. The number of rotatable bonds is 4. The Morgan fingerprint density at radius 1 is 1.15 bits per heavy atom. The van der Waals surface area contributed by atoms with Gasteiger partial charge >= 0.3 is 0 Å². The highest BCUT2D eigenvalue weighted by atomic mass is 16.2. The molecule has 4 nitrogen and oxygen atoms in total. The Labute approximate surface area is 156 Å². The normalized spacial score (nSPS) is 32.0. The van der Waals surface area contributed by atoms with Gasteiger partial charge in [0.25, 0.3) is 0 Å². The molecule has 0 bridgehead atoms. The smallest absolute Gasteiger partial charge is 0.225 e. The minimum atomic E-state index is -0.179. The third-order valence-corrected chi connectivity index (χ3v) is 6.84. The molecule has 0 radical (unpaired) electrons. The molecule has 1 heterocycles. The van der Waals surface area contributed by atoms with Gasteiger partial charge in [-0.2, -0.15) is 0 Å². The van der Waals surface area contributed by atoms with E-state index >= 15 is 0 Å². The van der Waals surface area contributed by atoms with Gasteiger partial charge in [0.1, 0.15) is 0 Å². The molecule has 1 saturated heterocycles. The molecule has 1 spiro atoms. The predicted octanol–water partition coefficient (Wildman–Crippen LogP) is 3.48. The van der Waals surface area contributed by atoms with Crippen LogP contribution in [0.25, 0.3) is 0 Å². The van der Waals surface area contributed by atoms with Gasteiger partial charge in [-0.3, -0.25) is 9.59 Å². The van der Waals surface area contributed by atoms with E-state index in [2.05, 4.69) is 47.5 Å². The monoisotopic (exact) mass is 354 g/mol. The van der Waals surface area contributed by atoms with Crippen LogP contribution < -0.4 is 5.32 Å². The number of nitrogens with zero attached hydrogens (tertiary/aromatic N) is 1. The summed E-state index contributed by atoms with van der Waals surface area (Å²) in [5.41, 5.74) is 1.64. The lowest BCUT2D eigenvalue weighted by molar-refractivity contribution is -0.154. The molecule has 1 N–H and O–H groups in total. The number of hydrogen-bond acceptors (Lipinski definition) is 2. The Bertz CT molecular complexity index is 687. The zero-order valence-electron chi connectivity index (χ0n) is 16.0. The van der Waals surface area contributed by atoms with Crippen LogP contribution in [0.1, 0.15) is 63.9 Å². The zero-order chi connectivity index (χ0) is 18.4. The molecule has 2 aliphatic carbocycles. The van der Waals surface area contributed by atoms with Gasteiger partial charge in [0.05, 0.1) is 0 Å². The Morgan fingerprint density at radius 2 is 1.85 bits per heavy atom. The second-order valence-electron chi connectivity index (χ2n) is 9.11. The summed E-state index contributed by atoms with van der Waals surface area (Å²) in [6.45, 7) is 5.79. The van der Waals surface area contributed by atoms with Crippen molar-refractivity contribution < 1.29 is 9.59 Å². The molecule has 4 heteroatoms. The molecule has 1 aromatic rings. The van der Waals surface area contributed by atoms with Gasteiger partial charge in [-0.25, -0.2) is 0 Å². The molecule has 1 aromatic carbocycles. The fraction of sp³-hybridized carbons (Fsp3) is 0.636. The number of carbonyl (C=O) groups is 2. The first kappa shape index (κ1) is 17.6. The summed E-state index contributed by atoms with van der Waals surface area (Å²) in [6, 6.07) is 10.8. The van der Waals surface area contributed by atoms with Crippen molar-refractivity contribution in [2.75, 3.05) is 13.1 Å². The van der Waals surface area contributed by atoms with E-state index < -0.39 is 0 Å². The molecule has 1 atom stereocenters. The summed E-state index contributed by atoms with van der Waals surface area (Å²) < 4.78 is 0. The molecule has 26 heavy (non-hydrogen) atoms. The van der Waals surface area contributed by atoms with Crippen LogP contribution in [-0.4, -0.2) is 35.3 Å². The standard InChI is InChI=1S/C22H30N2O2/c1-3-19(25)23-21(2)11-18(12-21)20(26)24-14-22(15-24)10-9-17(13-22)16-7-5-4-6-8-16/h4-8,17-18H,3,9-15H2,1-2H3,(H,23,25)/t17-,18-,21+/m0/s1. The molecule has 2 saturated carbocycles. The van der Waals surface area contributed by atoms with Crippen molar-refractivity contribution in [1.82, 2.24) is 10.2 Å². The lowest BCUT2D eigenvalue weighted by Crippen LogP contribution is -2.63. The SMILES string of the molecule is CCC(=O)N[C@]1(C)C[C@H](C(=O)N2CC3(CC[C@H](c4ccccc4)C3)C2)C1. The highest BCUT2D eigenvalue weighted by Crippen LogP contribution is 2.52. The van der Waals surface area contributed by atoms with E-state index in [1.807, 2.05) is 6.92 Å². The lowest BCUT2D eigenvalue weighted by Gasteiger charge is -2.53. The van der Waals surface area contributed by atoms with Gasteiger partial charge in [-0.15, -0.1) is 0 Å². The number of carbonyl (C=O) groups excluding carboxylic acids is 2. The number of amides is 2. The number of benzene rings is 1. The summed E-state index contributed by atoms with van der Waals surface area (Å²) in [7, 11) is 0. The van der Waals surface area contributed by atoms with Crippen LogP contribution in [0, 0.1) is 11.3 Å². The van der Waals surface area contributed by atoms with E-state index in [4.69, 9.17) is 0 Å². The maximum atomic E-state index is 12.8. The molecule has 0 unspecified atom stereocenters. The first-order chi connectivity index (χ1) is 12.4. The maximum absolute atomic E-state index is 12.8. The van der Waals surface area contributed by atoms with E-state index in [9.17, 15) is 9.59 Å². The Morgan fingerprint density at radius 3 is 2.50 bits per heavy atom. The minimum absolute atomic E-state index is 0.0826. The van der Waals surface area contributed by atoms with Crippen molar-refractivity contribution in [3.8, 4) is 0 Å². The average Bonchev–Trinajstić information content (AvgIpc) is 3.04. The summed E-state index contributed by atoms with van der Waals surface area (Å²) in [5, 5.41) is 3.07. The van der Waals surface area contributed by atoms with E-state index in [-0.39, 0.29) is 17.4 Å². The highest BCUT2D eigenvalue weighted by Gasteiger charge is 2.53. The van der Waals surface area contributed by atoms with Crippen molar-refractivity contribution >= 4 is 11.8 Å².